The van der Waals surface area contributed by atoms with Gasteiger partial charge in [0.1, 0.15) is 0 Å². The third-order valence-electron chi connectivity index (χ3n) is 5.47. The normalized spacial score (nSPS) is 11.7. The first-order valence-corrected chi connectivity index (χ1v) is 10.9. The van der Waals surface area contributed by atoms with E-state index in [1.54, 1.807) is 6.33 Å². The molecule has 30 heavy (non-hydrogen) atoms. The fourth-order valence-corrected chi connectivity index (χ4v) is 3.73. The molecule has 2 heterocycles. The fraction of sp³-hybridized carbons (Fsp3) is 0.385. The number of hydrogen-bond donors (Lipinski definition) is 1. The number of nitrogens with zero attached hydrogens (tertiary/aromatic N) is 3. The van der Waals surface area contributed by atoms with Crippen molar-refractivity contribution in [3.63, 3.8) is 0 Å². The summed E-state index contributed by atoms with van der Waals surface area (Å²) in [5.74, 6) is 0.911. The Kier molecular flexibility index (Phi) is 7.09. The molecule has 0 amide bonds. The van der Waals surface area contributed by atoms with E-state index in [0.717, 1.165) is 13.0 Å². The number of H-pyrrole nitrogens is 1. The Morgan fingerprint density at radius 3 is 2.03 bits per heavy atom. The Balaban J connectivity index is 1.91. The van der Waals surface area contributed by atoms with E-state index in [1.807, 2.05) is 6.20 Å². The van der Waals surface area contributed by atoms with Gasteiger partial charge in [-0.15, -0.1) is 0 Å². The Morgan fingerprint density at radius 2 is 1.53 bits per heavy atom. The van der Waals surface area contributed by atoms with Gasteiger partial charge in [-0.25, -0.2) is 4.98 Å². The standard InChI is InChI=1S/C26H35N4/c1-19(2)25-15-22(8-7-21-9-11-24(12-10-21)29(5)6)16-26(20(3)4)30(25)14-13-23-17-27-18-28-23/h7-12,15-20H,13-14H2,1-6H3,(H,27,28)/q+1. The van der Waals surface area contributed by atoms with Gasteiger partial charge in [0.25, 0.3) is 0 Å². The third-order valence-corrected chi connectivity index (χ3v) is 5.47. The number of hydrogen-bond acceptors (Lipinski definition) is 2. The molecular formula is C26H35N4+. The number of aromatic nitrogens is 3. The van der Waals surface area contributed by atoms with Crippen LogP contribution >= 0.6 is 0 Å². The van der Waals surface area contributed by atoms with Gasteiger partial charge >= 0.3 is 0 Å². The molecule has 158 valence electrons. The Hall–Kier alpha value is -2.88. The van der Waals surface area contributed by atoms with E-state index in [9.17, 15) is 0 Å². The zero-order valence-corrected chi connectivity index (χ0v) is 19.2. The smallest absolute Gasteiger partial charge is 0.184 e. The number of benzene rings is 1. The summed E-state index contributed by atoms with van der Waals surface area (Å²) in [7, 11) is 4.13. The predicted molar refractivity (Wildman–Crippen MR) is 127 cm³/mol. The molecule has 1 aromatic carbocycles. The molecule has 4 heteroatoms. The summed E-state index contributed by atoms with van der Waals surface area (Å²) in [4.78, 5) is 9.50. The van der Waals surface area contributed by atoms with Crippen LogP contribution < -0.4 is 9.47 Å². The number of aryl methyl sites for hydroxylation is 1. The molecule has 0 aliphatic carbocycles. The van der Waals surface area contributed by atoms with Crippen molar-refractivity contribution in [1.29, 1.82) is 0 Å². The monoisotopic (exact) mass is 403 g/mol. The van der Waals surface area contributed by atoms with Crippen LogP contribution in [0.25, 0.3) is 12.2 Å². The SMILES string of the molecule is CC(C)c1cc(/C=C/c2ccc(N(C)C)cc2)cc(C(C)C)[n+]1CCc1cnc[nH]1. The lowest BCUT2D eigenvalue weighted by Crippen LogP contribution is -2.44. The van der Waals surface area contributed by atoms with Gasteiger partial charge in [-0.05, 0) is 23.3 Å². The lowest BCUT2D eigenvalue weighted by molar-refractivity contribution is -0.712. The number of imidazole rings is 1. The molecular weight excluding hydrogens is 368 g/mol. The average Bonchev–Trinajstić information content (AvgIpc) is 3.24. The van der Waals surface area contributed by atoms with E-state index < -0.39 is 0 Å². The maximum atomic E-state index is 4.16. The minimum atomic E-state index is 0.456. The molecule has 0 fully saturated rings. The molecule has 0 spiro atoms. The van der Waals surface area contributed by atoms with Crippen molar-refractivity contribution in [3.8, 4) is 0 Å². The molecule has 0 aliphatic rings. The number of anilines is 1. The summed E-state index contributed by atoms with van der Waals surface area (Å²) in [5.41, 5.74) is 7.63. The minimum Gasteiger partial charge on any atom is -0.378 e. The van der Waals surface area contributed by atoms with Gasteiger partial charge in [0, 0.05) is 62.1 Å². The van der Waals surface area contributed by atoms with Crippen LogP contribution in [0.5, 0.6) is 0 Å². The molecule has 0 aliphatic heterocycles. The van der Waals surface area contributed by atoms with Crippen LogP contribution in [0.2, 0.25) is 0 Å². The summed E-state index contributed by atoms with van der Waals surface area (Å²) in [6.07, 6.45) is 9.08. The number of rotatable bonds is 8. The van der Waals surface area contributed by atoms with Gasteiger partial charge < -0.3 is 9.88 Å². The van der Waals surface area contributed by atoms with Gasteiger partial charge in [0.2, 0.25) is 0 Å². The molecule has 1 N–H and O–H groups in total. The quantitative estimate of drug-likeness (QED) is 0.510. The zero-order valence-electron chi connectivity index (χ0n) is 19.2. The van der Waals surface area contributed by atoms with Crippen molar-refractivity contribution < 1.29 is 4.57 Å². The largest absolute Gasteiger partial charge is 0.378 e. The molecule has 0 saturated carbocycles. The second-order valence-electron chi connectivity index (χ2n) is 8.75. The summed E-state index contributed by atoms with van der Waals surface area (Å²) in [6.45, 7) is 10.1. The van der Waals surface area contributed by atoms with Crippen LogP contribution in [0, 0.1) is 0 Å². The van der Waals surface area contributed by atoms with Crippen molar-refractivity contribution in [1.82, 2.24) is 9.97 Å². The Morgan fingerprint density at radius 1 is 0.933 bits per heavy atom. The van der Waals surface area contributed by atoms with Gasteiger partial charge in [-0.1, -0.05) is 52.0 Å². The molecule has 0 unspecified atom stereocenters. The Labute approximate surface area is 181 Å². The molecule has 0 saturated heterocycles. The molecule has 0 bridgehead atoms. The van der Waals surface area contributed by atoms with Crippen LogP contribution in [0.1, 0.15) is 67.7 Å². The van der Waals surface area contributed by atoms with Crippen molar-refractivity contribution in [2.45, 2.75) is 52.5 Å². The van der Waals surface area contributed by atoms with Crippen LogP contribution in [-0.4, -0.2) is 24.1 Å². The van der Waals surface area contributed by atoms with Crippen LogP contribution in [0.3, 0.4) is 0 Å². The topological polar surface area (TPSA) is 35.8 Å². The molecule has 0 atom stereocenters. The van der Waals surface area contributed by atoms with E-state index in [0.29, 0.717) is 11.8 Å². The van der Waals surface area contributed by atoms with Crippen molar-refractivity contribution >= 4 is 17.8 Å². The van der Waals surface area contributed by atoms with E-state index in [1.165, 1.54) is 33.9 Å². The van der Waals surface area contributed by atoms with E-state index in [4.69, 9.17) is 0 Å². The third kappa shape index (κ3) is 5.38. The van der Waals surface area contributed by atoms with Crippen molar-refractivity contribution in [2.24, 2.45) is 0 Å². The summed E-state index contributed by atoms with van der Waals surface area (Å²) in [5, 5.41) is 0. The van der Waals surface area contributed by atoms with Gasteiger partial charge in [0.15, 0.2) is 17.9 Å². The van der Waals surface area contributed by atoms with E-state index in [-0.39, 0.29) is 0 Å². The second-order valence-corrected chi connectivity index (χ2v) is 8.75. The minimum absolute atomic E-state index is 0.456. The van der Waals surface area contributed by atoms with E-state index >= 15 is 0 Å². The van der Waals surface area contributed by atoms with E-state index in [2.05, 4.69) is 110 Å². The average molecular weight is 404 g/mol. The lowest BCUT2D eigenvalue weighted by Gasteiger charge is -2.15. The van der Waals surface area contributed by atoms with Gasteiger partial charge in [-0.3, -0.25) is 0 Å². The zero-order chi connectivity index (χ0) is 21.7. The number of pyridine rings is 1. The van der Waals surface area contributed by atoms with Crippen LogP contribution in [0.4, 0.5) is 5.69 Å². The highest BCUT2D eigenvalue weighted by Crippen LogP contribution is 2.21. The molecule has 0 radical (unpaired) electrons. The van der Waals surface area contributed by atoms with Crippen molar-refractivity contribution in [2.75, 3.05) is 19.0 Å². The molecule has 2 aromatic heterocycles. The highest BCUT2D eigenvalue weighted by molar-refractivity contribution is 5.70. The highest BCUT2D eigenvalue weighted by atomic mass is 15.1. The Bertz CT molecular complexity index is 936. The van der Waals surface area contributed by atoms with Gasteiger partial charge in [-0.2, -0.15) is 4.57 Å². The second kappa shape index (κ2) is 9.75. The maximum Gasteiger partial charge on any atom is 0.184 e. The molecule has 3 rings (SSSR count). The summed E-state index contributed by atoms with van der Waals surface area (Å²) in [6, 6.07) is 13.3. The maximum absolute atomic E-state index is 4.16. The first-order chi connectivity index (χ1) is 14.3. The fourth-order valence-electron chi connectivity index (χ4n) is 3.73. The van der Waals surface area contributed by atoms with Crippen LogP contribution in [-0.2, 0) is 13.0 Å². The van der Waals surface area contributed by atoms with Crippen molar-refractivity contribution in [3.05, 3.63) is 77.1 Å². The molecule has 3 aromatic rings. The number of nitrogens with one attached hydrogen (secondary N) is 1. The molecule has 4 nitrogen and oxygen atoms in total. The predicted octanol–water partition coefficient (Wildman–Crippen LogP) is 5.42. The first-order valence-electron chi connectivity index (χ1n) is 10.9. The summed E-state index contributed by atoms with van der Waals surface area (Å²) < 4.78 is 2.50. The highest BCUT2D eigenvalue weighted by Gasteiger charge is 2.23. The lowest BCUT2D eigenvalue weighted by atomic mass is 9.99. The van der Waals surface area contributed by atoms with Gasteiger partial charge in [0.05, 0.1) is 6.33 Å². The summed E-state index contributed by atoms with van der Waals surface area (Å²) >= 11 is 0. The van der Waals surface area contributed by atoms with Crippen LogP contribution in [0.15, 0.2) is 48.9 Å². The number of aromatic amines is 1. The first kappa shape index (κ1) is 21.8.